The molecule has 0 atom stereocenters. The number of pyridine rings is 1. The number of benzene rings is 1. The predicted octanol–water partition coefficient (Wildman–Crippen LogP) is 2.89. The molecule has 2 aromatic heterocycles. The van der Waals surface area contributed by atoms with Crippen LogP contribution in [0.15, 0.2) is 42.7 Å². The highest BCUT2D eigenvalue weighted by molar-refractivity contribution is 5.91. The van der Waals surface area contributed by atoms with Crippen molar-refractivity contribution < 1.29 is 0 Å². The van der Waals surface area contributed by atoms with Crippen LogP contribution < -0.4 is 5.32 Å². The number of nitrogens with one attached hydrogen (secondary N) is 1. The molecule has 1 N–H and O–H groups in total. The molecule has 0 amide bonds. The molecule has 4 heteroatoms. The molecule has 0 fully saturated rings. The van der Waals surface area contributed by atoms with Gasteiger partial charge in [-0.25, -0.2) is 4.98 Å². The van der Waals surface area contributed by atoms with Gasteiger partial charge in [0.05, 0.1) is 12.1 Å². The van der Waals surface area contributed by atoms with Gasteiger partial charge in [0.1, 0.15) is 5.82 Å². The molecule has 0 saturated heterocycles. The van der Waals surface area contributed by atoms with Gasteiger partial charge in [0.2, 0.25) is 0 Å². The Balaban J connectivity index is 1.94. The van der Waals surface area contributed by atoms with Gasteiger partial charge < -0.3 is 9.88 Å². The summed E-state index contributed by atoms with van der Waals surface area (Å²) in [7, 11) is 2.00. The van der Waals surface area contributed by atoms with Gasteiger partial charge in [0.25, 0.3) is 0 Å². The number of aromatic nitrogens is 3. The highest BCUT2D eigenvalue weighted by Gasteiger charge is 2.04. The van der Waals surface area contributed by atoms with Gasteiger partial charge in [-0.1, -0.05) is 18.2 Å². The molecule has 0 radical (unpaired) electrons. The minimum atomic E-state index is 0.705. The molecule has 1 aromatic carbocycles. The Hall–Kier alpha value is -2.36. The van der Waals surface area contributed by atoms with Crippen LogP contribution in [0.3, 0.4) is 0 Å². The molecule has 96 valence electrons. The smallest absolute Gasteiger partial charge is 0.127 e. The van der Waals surface area contributed by atoms with Crippen molar-refractivity contribution in [2.45, 2.75) is 13.5 Å². The van der Waals surface area contributed by atoms with Crippen LogP contribution in [0.2, 0.25) is 0 Å². The molecule has 0 saturated carbocycles. The number of aryl methyl sites for hydroxylation is 2. The molecular formula is C15H16N4. The standard InChI is InChI=1S/C15H16N4/c1-11-9-14(12-5-3-4-6-13(12)18-11)17-10-15-16-7-8-19(15)2/h3-9H,10H2,1-2H3,(H,17,18). The Kier molecular flexibility index (Phi) is 2.91. The van der Waals surface area contributed by atoms with E-state index in [9.17, 15) is 0 Å². The summed E-state index contributed by atoms with van der Waals surface area (Å²) in [6.45, 7) is 2.72. The zero-order valence-corrected chi connectivity index (χ0v) is 11.1. The van der Waals surface area contributed by atoms with Crippen LogP contribution >= 0.6 is 0 Å². The summed E-state index contributed by atoms with van der Waals surface area (Å²) in [6, 6.07) is 10.2. The van der Waals surface area contributed by atoms with Gasteiger partial charge >= 0.3 is 0 Å². The van der Waals surface area contributed by atoms with E-state index in [1.54, 1.807) is 0 Å². The molecule has 3 aromatic rings. The van der Waals surface area contributed by atoms with E-state index < -0.39 is 0 Å². The number of hydrogen-bond donors (Lipinski definition) is 1. The van der Waals surface area contributed by atoms with Crippen molar-refractivity contribution in [3.05, 3.63) is 54.2 Å². The van der Waals surface area contributed by atoms with Gasteiger partial charge in [0, 0.05) is 36.2 Å². The third-order valence-electron chi connectivity index (χ3n) is 3.20. The van der Waals surface area contributed by atoms with E-state index in [2.05, 4.69) is 27.4 Å². The zero-order chi connectivity index (χ0) is 13.2. The Morgan fingerprint density at radius 3 is 2.89 bits per heavy atom. The van der Waals surface area contributed by atoms with Crippen molar-refractivity contribution in [3.8, 4) is 0 Å². The highest BCUT2D eigenvalue weighted by atomic mass is 15.1. The summed E-state index contributed by atoms with van der Waals surface area (Å²) < 4.78 is 2.02. The Morgan fingerprint density at radius 1 is 1.26 bits per heavy atom. The first kappa shape index (κ1) is 11.7. The van der Waals surface area contributed by atoms with Crippen LogP contribution in [0.25, 0.3) is 10.9 Å². The van der Waals surface area contributed by atoms with Gasteiger partial charge in [-0.2, -0.15) is 0 Å². The van der Waals surface area contributed by atoms with Crippen LogP contribution in [-0.2, 0) is 13.6 Å². The third kappa shape index (κ3) is 2.29. The molecule has 4 nitrogen and oxygen atoms in total. The number of para-hydroxylation sites is 1. The van der Waals surface area contributed by atoms with Crippen molar-refractivity contribution in [3.63, 3.8) is 0 Å². The maximum Gasteiger partial charge on any atom is 0.127 e. The Morgan fingerprint density at radius 2 is 2.11 bits per heavy atom. The van der Waals surface area contributed by atoms with Crippen LogP contribution in [0, 0.1) is 6.92 Å². The summed E-state index contributed by atoms with van der Waals surface area (Å²) in [5.41, 5.74) is 3.14. The molecule has 3 rings (SSSR count). The van der Waals surface area contributed by atoms with Crippen molar-refractivity contribution >= 4 is 16.6 Å². The number of rotatable bonds is 3. The molecule has 0 aliphatic heterocycles. The zero-order valence-electron chi connectivity index (χ0n) is 11.1. The number of fused-ring (bicyclic) bond motifs is 1. The van der Waals surface area contributed by atoms with E-state index in [1.165, 1.54) is 0 Å². The summed E-state index contributed by atoms with van der Waals surface area (Å²) in [5.74, 6) is 1.01. The van der Waals surface area contributed by atoms with E-state index in [-0.39, 0.29) is 0 Å². The fourth-order valence-corrected chi connectivity index (χ4v) is 2.20. The number of nitrogens with zero attached hydrogens (tertiary/aromatic N) is 3. The van der Waals surface area contributed by atoms with Gasteiger partial charge in [0.15, 0.2) is 0 Å². The van der Waals surface area contributed by atoms with Crippen molar-refractivity contribution in [2.75, 3.05) is 5.32 Å². The molecule has 2 heterocycles. The lowest BCUT2D eigenvalue weighted by Crippen LogP contribution is -2.06. The molecule has 0 spiro atoms. The van der Waals surface area contributed by atoms with E-state index in [4.69, 9.17) is 0 Å². The second-order valence-electron chi connectivity index (χ2n) is 4.64. The number of anilines is 1. The predicted molar refractivity (Wildman–Crippen MR) is 77.0 cm³/mol. The fourth-order valence-electron chi connectivity index (χ4n) is 2.20. The van der Waals surface area contributed by atoms with E-state index in [0.717, 1.165) is 28.1 Å². The number of imidazole rings is 1. The maximum absolute atomic E-state index is 4.54. The van der Waals surface area contributed by atoms with E-state index >= 15 is 0 Å². The normalized spacial score (nSPS) is 10.8. The van der Waals surface area contributed by atoms with Gasteiger partial charge in [-0.15, -0.1) is 0 Å². The Labute approximate surface area is 112 Å². The summed E-state index contributed by atoms with van der Waals surface area (Å²) in [6.07, 6.45) is 3.76. The quantitative estimate of drug-likeness (QED) is 0.779. The molecular weight excluding hydrogens is 236 g/mol. The highest BCUT2D eigenvalue weighted by Crippen LogP contribution is 2.23. The van der Waals surface area contributed by atoms with Crippen LogP contribution in [0.5, 0.6) is 0 Å². The summed E-state index contributed by atoms with van der Waals surface area (Å²) >= 11 is 0. The first-order valence-corrected chi connectivity index (χ1v) is 6.30. The average Bonchev–Trinajstić information content (AvgIpc) is 2.81. The molecule has 0 aliphatic rings. The number of hydrogen-bond acceptors (Lipinski definition) is 3. The molecule has 19 heavy (non-hydrogen) atoms. The van der Waals surface area contributed by atoms with Crippen LogP contribution in [0.1, 0.15) is 11.5 Å². The lowest BCUT2D eigenvalue weighted by atomic mass is 10.1. The SMILES string of the molecule is Cc1cc(NCc2nccn2C)c2ccccc2n1. The second-order valence-corrected chi connectivity index (χ2v) is 4.64. The molecule has 0 unspecified atom stereocenters. The third-order valence-corrected chi connectivity index (χ3v) is 3.20. The summed E-state index contributed by atoms with van der Waals surface area (Å²) in [5, 5.41) is 4.59. The minimum Gasteiger partial charge on any atom is -0.377 e. The second kappa shape index (κ2) is 4.72. The first-order valence-electron chi connectivity index (χ1n) is 6.30. The largest absolute Gasteiger partial charge is 0.377 e. The maximum atomic E-state index is 4.54. The monoisotopic (exact) mass is 252 g/mol. The fraction of sp³-hybridized carbons (Fsp3) is 0.200. The van der Waals surface area contributed by atoms with Gasteiger partial charge in [-0.05, 0) is 19.1 Å². The average molecular weight is 252 g/mol. The lowest BCUT2D eigenvalue weighted by molar-refractivity contribution is 0.813. The first-order chi connectivity index (χ1) is 9.24. The van der Waals surface area contributed by atoms with E-state index in [0.29, 0.717) is 6.54 Å². The van der Waals surface area contributed by atoms with Crippen LogP contribution in [0.4, 0.5) is 5.69 Å². The summed E-state index contributed by atoms with van der Waals surface area (Å²) in [4.78, 5) is 8.86. The van der Waals surface area contributed by atoms with Crippen molar-refractivity contribution in [1.82, 2.24) is 14.5 Å². The minimum absolute atomic E-state index is 0.705. The van der Waals surface area contributed by atoms with Crippen LogP contribution in [-0.4, -0.2) is 14.5 Å². The van der Waals surface area contributed by atoms with Crippen molar-refractivity contribution in [1.29, 1.82) is 0 Å². The lowest BCUT2D eigenvalue weighted by Gasteiger charge is -2.10. The molecule has 0 bridgehead atoms. The Bertz CT molecular complexity index is 715. The van der Waals surface area contributed by atoms with Crippen molar-refractivity contribution in [2.24, 2.45) is 7.05 Å². The van der Waals surface area contributed by atoms with E-state index in [1.807, 2.05) is 49.1 Å². The molecule has 0 aliphatic carbocycles. The topological polar surface area (TPSA) is 42.7 Å². The van der Waals surface area contributed by atoms with Gasteiger partial charge in [-0.3, -0.25) is 4.98 Å².